The first-order valence-electron chi connectivity index (χ1n) is 6.87. The third-order valence-corrected chi connectivity index (χ3v) is 2.91. The Kier molecular flexibility index (Phi) is 5.36. The van der Waals surface area contributed by atoms with Gasteiger partial charge in [-0.1, -0.05) is 0 Å². The standard InChI is InChI=1S/C15H25N3O2/c1-15(2,3)20-14(19)18(6)13-11(9-16-4)7-8-12(13)10-17-5/h9-10,16H,7-8H2,1-6H3/p+1/b11-9+,17-10?. The number of carbonyl (C=O) groups excluding carboxylic acids is 1. The zero-order valence-corrected chi connectivity index (χ0v) is 13.3. The van der Waals surface area contributed by atoms with E-state index in [9.17, 15) is 4.79 Å². The highest BCUT2D eigenvalue weighted by molar-refractivity contribution is 5.82. The van der Waals surface area contributed by atoms with Gasteiger partial charge in [-0.25, -0.2) is 4.79 Å². The van der Waals surface area contributed by atoms with Crippen molar-refractivity contribution in [3.8, 4) is 0 Å². The van der Waals surface area contributed by atoms with Gasteiger partial charge in [0.2, 0.25) is 0 Å². The molecule has 0 aromatic rings. The first-order chi connectivity index (χ1) is 9.30. The van der Waals surface area contributed by atoms with Gasteiger partial charge < -0.3 is 10.1 Å². The number of hydrogen-bond acceptors (Lipinski definition) is 3. The van der Waals surface area contributed by atoms with Gasteiger partial charge in [-0.15, -0.1) is 0 Å². The maximum Gasteiger partial charge on any atom is 0.414 e. The first kappa shape index (κ1) is 16.3. The first-order valence-corrected chi connectivity index (χ1v) is 6.87. The third kappa shape index (κ3) is 4.11. The van der Waals surface area contributed by atoms with Crippen molar-refractivity contribution in [1.29, 1.82) is 0 Å². The molecule has 0 unspecified atom stereocenters. The Hall–Kier alpha value is -1.78. The van der Waals surface area contributed by atoms with Crippen molar-refractivity contribution < 1.29 is 14.5 Å². The fourth-order valence-corrected chi connectivity index (χ4v) is 2.19. The molecule has 0 saturated heterocycles. The van der Waals surface area contributed by atoms with E-state index in [0.717, 1.165) is 29.7 Å². The second kappa shape index (κ2) is 6.59. The van der Waals surface area contributed by atoms with E-state index in [2.05, 4.69) is 10.3 Å². The normalized spacial score (nSPS) is 18.0. The van der Waals surface area contributed by atoms with Crippen LogP contribution in [0.25, 0.3) is 0 Å². The quantitative estimate of drug-likeness (QED) is 0.751. The van der Waals surface area contributed by atoms with E-state index in [1.165, 1.54) is 0 Å². The number of likely N-dealkylation sites (N-methyl/N-ethyl adjacent to an activating group) is 1. The summed E-state index contributed by atoms with van der Waals surface area (Å²) >= 11 is 0. The summed E-state index contributed by atoms with van der Waals surface area (Å²) in [5, 5.41) is 3.04. The van der Waals surface area contributed by atoms with Crippen LogP contribution >= 0.6 is 0 Å². The molecule has 5 heteroatoms. The van der Waals surface area contributed by atoms with Gasteiger partial charge in [0.1, 0.15) is 12.6 Å². The Labute approximate surface area is 121 Å². The molecule has 0 aromatic carbocycles. The summed E-state index contributed by atoms with van der Waals surface area (Å²) in [7, 11) is 5.47. The van der Waals surface area contributed by atoms with E-state index in [1.54, 1.807) is 11.9 Å². The van der Waals surface area contributed by atoms with E-state index in [-0.39, 0.29) is 6.09 Å². The molecular formula is C15H26N3O2+. The van der Waals surface area contributed by atoms with Gasteiger partial charge in [0.15, 0.2) is 6.21 Å². The molecule has 0 radical (unpaired) electrons. The van der Waals surface area contributed by atoms with Crippen LogP contribution in [0.1, 0.15) is 33.6 Å². The molecule has 1 aliphatic rings. The number of amides is 1. The molecule has 0 aromatic heterocycles. The van der Waals surface area contributed by atoms with E-state index < -0.39 is 5.60 Å². The lowest BCUT2D eigenvalue weighted by Gasteiger charge is -2.26. The highest BCUT2D eigenvalue weighted by Crippen LogP contribution is 2.32. The van der Waals surface area contributed by atoms with Gasteiger partial charge in [0, 0.05) is 25.9 Å². The van der Waals surface area contributed by atoms with Crippen LogP contribution in [0.5, 0.6) is 0 Å². The monoisotopic (exact) mass is 280 g/mol. The lowest BCUT2D eigenvalue weighted by atomic mass is 10.2. The third-order valence-electron chi connectivity index (χ3n) is 2.91. The van der Waals surface area contributed by atoms with Crippen molar-refractivity contribution in [2.45, 2.75) is 39.2 Å². The van der Waals surface area contributed by atoms with Crippen LogP contribution in [-0.4, -0.2) is 44.0 Å². The molecule has 5 nitrogen and oxygen atoms in total. The molecule has 2 N–H and O–H groups in total. The average Bonchev–Trinajstić information content (AvgIpc) is 2.70. The fraction of sp³-hybridized carbons (Fsp3) is 0.600. The molecule has 0 atom stereocenters. The summed E-state index contributed by atoms with van der Waals surface area (Å²) in [5.41, 5.74) is 2.65. The minimum atomic E-state index is -0.496. The smallest absolute Gasteiger partial charge is 0.414 e. The van der Waals surface area contributed by atoms with E-state index in [4.69, 9.17) is 4.74 Å². The number of ether oxygens (including phenoxy) is 1. The highest BCUT2D eigenvalue weighted by atomic mass is 16.6. The number of carbonyl (C=O) groups is 1. The number of nitrogens with zero attached hydrogens (tertiary/aromatic N) is 1. The van der Waals surface area contributed by atoms with Gasteiger partial charge in [-0.3, -0.25) is 9.89 Å². The van der Waals surface area contributed by atoms with Crippen LogP contribution in [0, 0.1) is 0 Å². The van der Waals surface area contributed by atoms with Crippen LogP contribution in [0.3, 0.4) is 0 Å². The highest BCUT2D eigenvalue weighted by Gasteiger charge is 2.29. The number of hydrogen-bond donors (Lipinski definition) is 2. The summed E-state index contributed by atoms with van der Waals surface area (Å²) in [6, 6.07) is 0. The molecule has 0 saturated carbocycles. The molecule has 0 fully saturated rings. The fourth-order valence-electron chi connectivity index (χ4n) is 2.19. The summed E-state index contributed by atoms with van der Waals surface area (Å²) in [5.74, 6) is 0. The van der Waals surface area contributed by atoms with E-state index >= 15 is 0 Å². The van der Waals surface area contributed by atoms with Crippen LogP contribution < -0.4 is 10.3 Å². The summed E-state index contributed by atoms with van der Waals surface area (Å²) < 4.78 is 5.44. The maximum absolute atomic E-state index is 12.2. The Morgan fingerprint density at radius 3 is 2.55 bits per heavy atom. The SMILES string of the molecule is CN/C=C1\CCC(C=[NH+]C)=C1N(C)C(=O)OC(C)(C)C. The van der Waals surface area contributed by atoms with Crippen molar-refractivity contribution in [3.63, 3.8) is 0 Å². The van der Waals surface area contributed by atoms with Gasteiger partial charge in [0.05, 0.1) is 5.70 Å². The van der Waals surface area contributed by atoms with E-state index in [0.29, 0.717) is 0 Å². The number of nitrogens with one attached hydrogen (secondary N) is 2. The molecule has 1 amide bonds. The van der Waals surface area contributed by atoms with Crippen molar-refractivity contribution >= 4 is 12.3 Å². The zero-order chi connectivity index (χ0) is 15.3. The molecule has 20 heavy (non-hydrogen) atoms. The Balaban J connectivity index is 3.06. The number of rotatable bonds is 3. The Morgan fingerprint density at radius 2 is 2.05 bits per heavy atom. The molecule has 0 heterocycles. The van der Waals surface area contributed by atoms with Crippen LogP contribution in [-0.2, 0) is 4.74 Å². The molecule has 112 valence electrons. The van der Waals surface area contributed by atoms with Gasteiger partial charge in [-0.05, 0) is 39.2 Å². The van der Waals surface area contributed by atoms with Crippen molar-refractivity contribution in [1.82, 2.24) is 10.2 Å². The minimum absolute atomic E-state index is 0.335. The van der Waals surface area contributed by atoms with Gasteiger partial charge >= 0.3 is 6.09 Å². The van der Waals surface area contributed by atoms with Crippen molar-refractivity contribution in [2.24, 2.45) is 0 Å². The molecule has 0 aliphatic heterocycles. The summed E-state index contributed by atoms with van der Waals surface area (Å²) in [6.45, 7) is 5.60. The summed E-state index contributed by atoms with van der Waals surface area (Å²) in [4.78, 5) is 16.9. The number of allylic oxidation sites excluding steroid dienone is 2. The second-order valence-corrected chi connectivity index (χ2v) is 5.80. The maximum atomic E-state index is 12.2. The molecular weight excluding hydrogens is 254 g/mol. The average molecular weight is 280 g/mol. The van der Waals surface area contributed by atoms with Gasteiger partial charge in [0.25, 0.3) is 0 Å². The molecule has 0 bridgehead atoms. The van der Waals surface area contributed by atoms with Crippen molar-refractivity contribution in [2.75, 3.05) is 21.1 Å². The van der Waals surface area contributed by atoms with E-state index in [1.807, 2.05) is 47.3 Å². The lowest BCUT2D eigenvalue weighted by molar-refractivity contribution is -0.413. The van der Waals surface area contributed by atoms with Crippen molar-refractivity contribution in [3.05, 3.63) is 23.0 Å². The predicted octanol–water partition coefficient (Wildman–Crippen LogP) is 0.786. The largest absolute Gasteiger partial charge is 0.443 e. The minimum Gasteiger partial charge on any atom is -0.443 e. The van der Waals surface area contributed by atoms with Crippen LogP contribution in [0.2, 0.25) is 0 Å². The zero-order valence-electron chi connectivity index (χ0n) is 13.3. The van der Waals surface area contributed by atoms with Gasteiger partial charge in [-0.2, -0.15) is 0 Å². The molecule has 1 rings (SSSR count). The Bertz CT molecular complexity index is 456. The summed E-state index contributed by atoms with van der Waals surface area (Å²) in [6.07, 6.45) is 5.37. The lowest BCUT2D eigenvalue weighted by Crippen LogP contribution is -2.63. The second-order valence-electron chi connectivity index (χ2n) is 5.80. The molecule has 1 aliphatic carbocycles. The van der Waals surface area contributed by atoms with Crippen LogP contribution in [0.15, 0.2) is 23.0 Å². The Morgan fingerprint density at radius 1 is 1.40 bits per heavy atom. The predicted molar refractivity (Wildman–Crippen MR) is 80.4 cm³/mol. The topological polar surface area (TPSA) is 55.5 Å². The van der Waals surface area contributed by atoms with Crippen LogP contribution in [0.4, 0.5) is 4.79 Å². The molecule has 0 spiro atoms.